The number of nitrogens with zero attached hydrogens (tertiary/aromatic N) is 3. The fraction of sp³-hybridized carbons (Fsp3) is 0.370. The van der Waals surface area contributed by atoms with Gasteiger partial charge in [-0.1, -0.05) is 62.4 Å². The van der Waals surface area contributed by atoms with Gasteiger partial charge in [-0.2, -0.15) is 5.10 Å². The number of rotatable bonds is 8. The summed E-state index contributed by atoms with van der Waals surface area (Å²) in [6, 6.07) is 17.8. The lowest BCUT2D eigenvalue weighted by Gasteiger charge is -2.27. The van der Waals surface area contributed by atoms with Crippen LogP contribution in [0.3, 0.4) is 0 Å². The second-order valence-electron chi connectivity index (χ2n) is 9.13. The zero-order chi connectivity index (χ0) is 24.1. The molecule has 0 aliphatic carbocycles. The molecule has 2 aromatic carbocycles. The Morgan fingerprint density at radius 1 is 0.970 bits per heavy atom. The van der Waals surface area contributed by atoms with Crippen molar-refractivity contribution in [1.82, 2.24) is 14.7 Å². The maximum atomic E-state index is 13.2. The van der Waals surface area contributed by atoms with Crippen LogP contribution in [0.1, 0.15) is 45.4 Å². The van der Waals surface area contributed by atoms with Crippen LogP contribution in [-0.4, -0.2) is 39.1 Å². The fourth-order valence-electron chi connectivity index (χ4n) is 3.92. The molecule has 3 rings (SSSR count). The SMILES string of the molecule is Cc1ccccc1-n1nc(C)c(-c2ccccc2)c1NC(=O)CN(C(=O)CC(C)C)C(C)C. The van der Waals surface area contributed by atoms with Crippen molar-refractivity contribution in [2.24, 2.45) is 5.92 Å². The molecule has 0 aliphatic rings. The van der Waals surface area contributed by atoms with E-state index in [-0.39, 0.29) is 30.3 Å². The highest BCUT2D eigenvalue weighted by molar-refractivity contribution is 5.98. The van der Waals surface area contributed by atoms with Crippen molar-refractivity contribution >= 4 is 17.6 Å². The van der Waals surface area contributed by atoms with Crippen LogP contribution >= 0.6 is 0 Å². The minimum Gasteiger partial charge on any atom is -0.331 e. The monoisotopic (exact) mass is 446 g/mol. The molecule has 0 aliphatic heterocycles. The number of aryl methyl sites for hydroxylation is 2. The van der Waals surface area contributed by atoms with Gasteiger partial charge in [-0.25, -0.2) is 4.68 Å². The zero-order valence-electron chi connectivity index (χ0n) is 20.4. The van der Waals surface area contributed by atoms with E-state index in [2.05, 4.69) is 5.32 Å². The summed E-state index contributed by atoms with van der Waals surface area (Å²) in [7, 11) is 0. The Hall–Kier alpha value is -3.41. The van der Waals surface area contributed by atoms with Crippen LogP contribution in [0.4, 0.5) is 5.82 Å². The van der Waals surface area contributed by atoms with Crippen LogP contribution in [-0.2, 0) is 9.59 Å². The van der Waals surface area contributed by atoms with Crippen LogP contribution in [0.5, 0.6) is 0 Å². The molecule has 0 radical (unpaired) electrons. The third kappa shape index (κ3) is 5.69. The van der Waals surface area contributed by atoms with E-state index in [4.69, 9.17) is 5.10 Å². The van der Waals surface area contributed by atoms with E-state index in [1.165, 1.54) is 0 Å². The highest BCUT2D eigenvalue weighted by Crippen LogP contribution is 2.34. The lowest BCUT2D eigenvalue weighted by molar-refractivity contribution is -0.137. The Morgan fingerprint density at radius 2 is 1.61 bits per heavy atom. The molecule has 0 saturated heterocycles. The van der Waals surface area contributed by atoms with Gasteiger partial charge in [0, 0.05) is 18.0 Å². The zero-order valence-corrected chi connectivity index (χ0v) is 20.4. The number of para-hydroxylation sites is 1. The number of anilines is 1. The van der Waals surface area contributed by atoms with Crippen LogP contribution in [0.15, 0.2) is 54.6 Å². The molecular weight excluding hydrogens is 412 g/mol. The third-order valence-corrected chi connectivity index (χ3v) is 5.56. The maximum absolute atomic E-state index is 13.2. The lowest BCUT2D eigenvalue weighted by Crippen LogP contribution is -2.43. The summed E-state index contributed by atoms with van der Waals surface area (Å²) in [5.74, 6) is 0.587. The third-order valence-electron chi connectivity index (χ3n) is 5.56. The van der Waals surface area contributed by atoms with Gasteiger partial charge >= 0.3 is 0 Å². The smallest absolute Gasteiger partial charge is 0.245 e. The fourth-order valence-corrected chi connectivity index (χ4v) is 3.92. The second kappa shape index (κ2) is 10.5. The standard InChI is InChI=1S/C27H34N4O2/c1-18(2)16-25(33)30(19(3)4)17-24(32)28-27-26(22-13-8-7-9-14-22)21(6)29-31(27)23-15-11-10-12-20(23)5/h7-15,18-19H,16-17H2,1-6H3,(H,28,32). The van der Waals surface area contributed by atoms with Crippen molar-refractivity contribution in [2.75, 3.05) is 11.9 Å². The number of hydrogen-bond donors (Lipinski definition) is 1. The number of carbonyl (C=O) groups excluding carboxylic acids is 2. The molecule has 6 nitrogen and oxygen atoms in total. The maximum Gasteiger partial charge on any atom is 0.245 e. The van der Waals surface area contributed by atoms with Crippen LogP contribution in [0, 0.1) is 19.8 Å². The average molecular weight is 447 g/mol. The van der Waals surface area contributed by atoms with Gasteiger partial charge in [0.05, 0.1) is 11.4 Å². The normalized spacial score (nSPS) is 11.2. The minimum atomic E-state index is -0.243. The molecule has 0 spiro atoms. The molecule has 2 amide bonds. The van der Waals surface area contributed by atoms with E-state index in [1.54, 1.807) is 9.58 Å². The van der Waals surface area contributed by atoms with E-state index in [1.807, 2.05) is 96.1 Å². The first-order chi connectivity index (χ1) is 15.7. The van der Waals surface area contributed by atoms with Crippen molar-refractivity contribution in [3.8, 4) is 16.8 Å². The summed E-state index contributed by atoms with van der Waals surface area (Å²) in [5, 5.41) is 7.87. The minimum absolute atomic E-state index is 0.00451. The molecule has 1 aromatic heterocycles. The van der Waals surface area contributed by atoms with Gasteiger partial charge in [-0.05, 0) is 50.8 Å². The topological polar surface area (TPSA) is 67.2 Å². The van der Waals surface area contributed by atoms with E-state index in [9.17, 15) is 9.59 Å². The second-order valence-corrected chi connectivity index (χ2v) is 9.13. The Morgan fingerprint density at radius 3 is 2.21 bits per heavy atom. The number of amides is 2. The molecular formula is C27H34N4O2. The molecule has 3 aromatic rings. The van der Waals surface area contributed by atoms with Gasteiger partial charge in [-0.3, -0.25) is 9.59 Å². The van der Waals surface area contributed by atoms with Crippen molar-refractivity contribution in [3.63, 3.8) is 0 Å². The Balaban J connectivity index is 2.01. The number of aromatic nitrogens is 2. The van der Waals surface area contributed by atoms with Crippen molar-refractivity contribution in [1.29, 1.82) is 0 Å². The molecule has 0 saturated carbocycles. The highest BCUT2D eigenvalue weighted by atomic mass is 16.2. The first kappa shape index (κ1) is 24.2. The van der Waals surface area contributed by atoms with Crippen LogP contribution < -0.4 is 5.32 Å². The molecule has 1 heterocycles. The molecule has 1 N–H and O–H groups in total. The van der Waals surface area contributed by atoms with E-state index in [0.29, 0.717) is 12.2 Å². The van der Waals surface area contributed by atoms with Gasteiger partial charge in [0.15, 0.2) is 0 Å². The summed E-state index contributed by atoms with van der Waals surface area (Å²) in [6.07, 6.45) is 0.418. The summed E-state index contributed by atoms with van der Waals surface area (Å²) in [5.41, 5.74) is 4.61. The van der Waals surface area contributed by atoms with Gasteiger partial charge in [0.1, 0.15) is 12.4 Å². The first-order valence-electron chi connectivity index (χ1n) is 11.5. The van der Waals surface area contributed by atoms with Gasteiger partial charge in [0.2, 0.25) is 11.8 Å². The highest BCUT2D eigenvalue weighted by Gasteiger charge is 2.24. The van der Waals surface area contributed by atoms with E-state index >= 15 is 0 Å². The number of nitrogens with one attached hydrogen (secondary N) is 1. The molecule has 33 heavy (non-hydrogen) atoms. The average Bonchev–Trinajstić information content (AvgIpc) is 3.07. The summed E-state index contributed by atoms with van der Waals surface area (Å²) >= 11 is 0. The van der Waals surface area contributed by atoms with Crippen LogP contribution in [0.25, 0.3) is 16.8 Å². The van der Waals surface area contributed by atoms with Gasteiger partial charge < -0.3 is 10.2 Å². The number of carbonyl (C=O) groups is 2. The molecule has 0 bridgehead atoms. The Bertz CT molecular complexity index is 1120. The largest absolute Gasteiger partial charge is 0.331 e. The van der Waals surface area contributed by atoms with E-state index < -0.39 is 0 Å². The van der Waals surface area contributed by atoms with E-state index in [0.717, 1.165) is 28.1 Å². The summed E-state index contributed by atoms with van der Waals surface area (Å²) in [6.45, 7) is 11.8. The van der Waals surface area contributed by atoms with Crippen molar-refractivity contribution in [3.05, 3.63) is 65.9 Å². The molecule has 174 valence electrons. The molecule has 0 unspecified atom stereocenters. The first-order valence-corrected chi connectivity index (χ1v) is 11.5. The van der Waals surface area contributed by atoms with Gasteiger partial charge in [0.25, 0.3) is 0 Å². The van der Waals surface area contributed by atoms with Gasteiger partial charge in [-0.15, -0.1) is 0 Å². The van der Waals surface area contributed by atoms with Crippen LogP contribution in [0.2, 0.25) is 0 Å². The predicted molar refractivity (Wildman–Crippen MR) is 133 cm³/mol. The molecule has 0 fully saturated rings. The quantitative estimate of drug-likeness (QED) is 0.505. The molecule has 6 heteroatoms. The van der Waals surface area contributed by atoms with Crippen molar-refractivity contribution in [2.45, 2.75) is 54.0 Å². The predicted octanol–water partition coefficient (Wildman–Crippen LogP) is 5.38. The van der Waals surface area contributed by atoms with Crippen molar-refractivity contribution < 1.29 is 9.59 Å². The number of benzene rings is 2. The summed E-state index contributed by atoms with van der Waals surface area (Å²) in [4.78, 5) is 27.6. The Kier molecular flexibility index (Phi) is 7.69. The Labute approximate surface area is 196 Å². The lowest BCUT2D eigenvalue weighted by atomic mass is 10.1. The molecule has 0 atom stereocenters. The summed E-state index contributed by atoms with van der Waals surface area (Å²) < 4.78 is 1.79. The number of hydrogen-bond acceptors (Lipinski definition) is 3.